The smallest absolute Gasteiger partial charge is 0.255 e. The van der Waals surface area contributed by atoms with Crippen molar-refractivity contribution in [1.29, 1.82) is 0 Å². The van der Waals surface area contributed by atoms with Crippen LogP contribution in [0.4, 0.5) is 11.4 Å². The number of sulfonamides is 1. The number of hydrogen-bond acceptors (Lipinski definition) is 4. The summed E-state index contributed by atoms with van der Waals surface area (Å²) in [6.07, 6.45) is 3.13. The molecule has 1 saturated heterocycles. The molecule has 1 N–H and O–H groups in total. The first-order valence-corrected chi connectivity index (χ1v) is 13.0. The Kier molecular flexibility index (Phi) is 6.98. The van der Waals surface area contributed by atoms with Gasteiger partial charge in [0.2, 0.25) is 10.0 Å². The fourth-order valence-corrected chi connectivity index (χ4v) is 4.88. The first-order chi connectivity index (χ1) is 16.3. The molecule has 1 aliphatic heterocycles. The van der Waals surface area contributed by atoms with Crippen LogP contribution in [0.25, 0.3) is 0 Å². The number of carbonyl (C=O) groups is 2. The molecule has 0 unspecified atom stereocenters. The highest BCUT2D eigenvalue weighted by Crippen LogP contribution is 2.23. The summed E-state index contributed by atoms with van der Waals surface area (Å²) in [6.45, 7) is 1.64. The molecule has 4 rings (SSSR count). The molecule has 1 aliphatic rings. The van der Waals surface area contributed by atoms with E-state index in [0.717, 1.165) is 37.8 Å². The van der Waals surface area contributed by atoms with Crippen LogP contribution in [0.15, 0.2) is 78.9 Å². The average molecular weight is 478 g/mol. The van der Waals surface area contributed by atoms with Crippen LogP contribution in [0.1, 0.15) is 39.1 Å². The first-order valence-electron chi connectivity index (χ1n) is 11.1. The molecule has 8 heteroatoms. The third-order valence-corrected chi connectivity index (χ3v) is 6.93. The maximum Gasteiger partial charge on any atom is 0.255 e. The van der Waals surface area contributed by atoms with Gasteiger partial charge >= 0.3 is 0 Å². The summed E-state index contributed by atoms with van der Waals surface area (Å²) in [5, 5.41) is 2.83. The van der Waals surface area contributed by atoms with Crippen LogP contribution in [-0.2, 0) is 16.6 Å². The number of likely N-dealkylation sites (tertiary alicyclic amines) is 1. The SMILES string of the molecule is CS(=O)(=O)N(Cc1ccccc1)c1ccc(C(=O)Nc2ccccc2C(=O)N2CCCC2)cc1. The van der Waals surface area contributed by atoms with Crippen LogP contribution >= 0.6 is 0 Å². The van der Waals surface area contributed by atoms with E-state index in [1.807, 2.05) is 30.3 Å². The number of para-hydroxylation sites is 1. The van der Waals surface area contributed by atoms with Crippen molar-refractivity contribution >= 4 is 33.2 Å². The van der Waals surface area contributed by atoms with Crippen molar-refractivity contribution in [2.45, 2.75) is 19.4 Å². The van der Waals surface area contributed by atoms with Gasteiger partial charge in [0.25, 0.3) is 11.8 Å². The first kappa shape index (κ1) is 23.5. The highest BCUT2D eigenvalue weighted by molar-refractivity contribution is 7.92. The van der Waals surface area contributed by atoms with Gasteiger partial charge in [-0.1, -0.05) is 42.5 Å². The number of carbonyl (C=O) groups excluding carboxylic acids is 2. The van der Waals surface area contributed by atoms with Crippen molar-refractivity contribution in [3.63, 3.8) is 0 Å². The van der Waals surface area contributed by atoms with Gasteiger partial charge in [-0.3, -0.25) is 13.9 Å². The third kappa shape index (κ3) is 5.46. The lowest BCUT2D eigenvalue weighted by Gasteiger charge is -2.23. The Morgan fingerprint density at radius 2 is 1.50 bits per heavy atom. The van der Waals surface area contributed by atoms with Crippen LogP contribution < -0.4 is 9.62 Å². The Morgan fingerprint density at radius 1 is 0.882 bits per heavy atom. The van der Waals surface area contributed by atoms with Crippen LogP contribution in [-0.4, -0.2) is 44.5 Å². The van der Waals surface area contributed by atoms with Crippen molar-refractivity contribution in [2.75, 3.05) is 29.0 Å². The number of benzene rings is 3. The van der Waals surface area contributed by atoms with Crippen LogP contribution in [0, 0.1) is 0 Å². The van der Waals surface area contributed by atoms with E-state index in [1.165, 1.54) is 4.31 Å². The van der Waals surface area contributed by atoms with Gasteiger partial charge in [-0.25, -0.2) is 8.42 Å². The van der Waals surface area contributed by atoms with E-state index in [1.54, 1.807) is 53.4 Å². The van der Waals surface area contributed by atoms with Gasteiger partial charge in [-0.05, 0) is 54.8 Å². The van der Waals surface area contributed by atoms with Crippen LogP contribution in [0.3, 0.4) is 0 Å². The van der Waals surface area contributed by atoms with E-state index in [-0.39, 0.29) is 18.4 Å². The molecule has 0 atom stereocenters. The fourth-order valence-electron chi connectivity index (χ4n) is 3.99. The van der Waals surface area contributed by atoms with Crippen molar-refractivity contribution < 1.29 is 18.0 Å². The standard InChI is InChI=1S/C26H27N3O4S/c1-34(32,33)29(19-20-9-3-2-4-10-20)22-15-13-21(14-16-22)25(30)27-24-12-6-5-11-23(24)26(31)28-17-7-8-18-28/h2-6,9-16H,7-8,17-19H2,1H3,(H,27,30). The minimum atomic E-state index is -3.53. The minimum Gasteiger partial charge on any atom is -0.339 e. The molecule has 0 saturated carbocycles. The van der Waals surface area contributed by atoms with Gasteiger partial charge in [-0.2, -0.15) is 0 Å². The monoisotopic (exact) mass is 477 g/mol. The molecule has 176 valence electrons. The molecular formula is C26H27N3O4S. The Bertz CT molecular complexity index is 1270. The van der Waals surface area contributed by atoms with Crippen LogP contribution in [0.2, 0.25) is 0 Å². The molecule has 0 aliphatic carbocycles. The second kappa shape index (κ2) is 10.1. The Hall–Kier alpha value is -3.65. The molecule has 34 heavy (non-hydrogen) atoms. The summed E-state index contributed by atoms with van der Waals surface area (Å²) in [4.78, 5) is 27.6. The van der Waals surface area contributed by atoms with Crippen molar-refractivity contribution in [3.05, 3.63) is 95.6 Å². The summed E-state index contributed by atoms with van der Waals surface area (Å²) in [5.41, 5.74) is 2.60. The Morgan fingerprint density at radius 3 is 2.15 bits per heavy atom. The van der Waals surface area contributed by atoms with Crippen LogP contribution in [0.5, 0.6) is 0 Å². The van der Waals surface area contributed by atoms with E-state index in [9.17, 15) is 18.0 Å². The molecule has 0 aromatic heterocycles. The number of nitrogens with one attached hydrogen (secondary N) is 1. The molecule has 3 aromatic carbocycles. The van der Waals surface area contributed by atoms with Crippen molar-refractivity contribution in [3.8, 4) is 0 Å². The maximum absolute atomic E-state index is 12.9. The maximum atomic E-state index is 12.9. The zero-order chi connectivity index (χ0) is 24.1. The zero-order valence-electron chi connectivity index (χ0n) is 19.0. The third-order valence-electron chi connectivity index (χ3n) is 5.79. The second-order valence-electron chi connectivity index (χ2n) is 8.30. The van der Waals surface area contributed by atoms with E-state index in [4.69, 9.17) is 0 Å². The van der Waals surface area contributed by atoms with Gasteiger partial charge in [0.05, 0.1) is 29.7 Å². The second-order valence-corrected chi connectivity index (χ2v) is 10.2. The lowest BCUT2D eigenvalue weighted by atomic mass is 10.1. The highest BCUT2D eigenvalue weighted by Gasteiger charge is 2.23. The molecule has 3 aromatic rings. The van der Waals surface area contributed by atoms with Gasteiger partial charge in [-0.15, -0.1) is 0 Å². The molecule has 0 radical (unpaired) electrons. The van der Waals surface area contributed by atoms with Crippen molar-refractivity contribution in [1.82, 2.24) is 4.90 Å². The Balaban J connectivity index is 1.52. The summed E-state index contributed by atoms with van der Waals surface area (Å²) in [7, 11) is -3.53. The number of rotatable bonds is 7. The highest BCUT2D eigenvalue weighted by atomic mass is 32.2. The minimum absolute atomic E-state index is 0.0894. The molecule has 0 bridgehead atoms. The number of anilines is 2. The van der Waals surface area contributed by atoms with E-state index in [0.29, 0.717) is 22.5 Å². The largest absolute Gasteiger partial charge is 0.339 e. The summed E-state index contributed by atoms with van der Waals surface area (Å²) < 4.78 is 26.1. The fraction of sp³-hybridized carbons (Fsp3) is 0.231. The summed E-state index contributed by atoms with van der Waals surface area (Å²) in [5.74, 6) is -0.462. The lowest BCUT2D eigenvalue weighted by molar-refractivity contribution is 0.0794. The van der Waals surface area contributed by atoms with Crippen molar-refractivity contribution in [2.24, 2.45) is 0 Å². The van der Waals surface area contributed by atoms with E-state index < -0.39 is 10.0 Å². The van der Waals surface area contributed by atoms with Gasteiger partial charge < -0.3 is 10.2 Å². The predicted octanol–water partition coefficient (Wildman–Crippen LogP) is 4.14. The number of hydrogen-bond donors (Lipinski definition) is 1. The zero-order valence-corrected chi connectivity index (χ0v) is 19.8. The summed E-state index contributed by atoms with van der Waals surface area (Å²) >= 11 is 0. The van der Waals surface area contributed by atoms with E-state index in [2.05, 4.69) is 5.32 Å². The van der Waals surface area contributed by atoms with Gasteiger partial charge in [0.1, 0.15) is 0 Å². The number of amides is 2. The summed E-state index contributed by atoms with van der Waals surface area (Å²) in [6, 6.07) is 22.7. The lowest BCUT2D eigenvalue weighted by Crippen LogP contribution is -2.29. The van der Waals surface area contributed by atoms with Gasteiger partial charge in [0, 0.05) is 18.7 Å². The molecule has 7 nitrogen and oxygen atoms in total. The van der Waals surface area contributed by atoms with Gasteiger partial charge in [0.15, 0.2) is 0 Å². The number of nitrogens with zero attached hydrogens (tertiary/aromatic N) is 2. The molecular weight excluding hydrogens is 450 g/mol. The topological polar surface area (TPSA) is 86.8 Å². The normalized spacial score (nSPS) is 13.5. The van der Waals surface area contributed by atoms with E-state index >= 15 is 0 Å². The molecule has 0 spiro atoms. The Labute approximate surface area is 200 Å². The average Bonchev–Trinajstić information content (AvgIpc) is 3.38. The predicted molar refractivity (Wildman–Crippen MR) is 133 cm³/mol. The quantitative estimate of drug-likeness (QED) is 0.554. The molecule has 2 amide bonds. The molecule has 1 fully saturated rings. The molecule has 1 heterocycles.